The summed E-state index contributed by atoms with van der Waals surface area (Å²) >= 11 is 0. The second-order valence-electron chi connectivity index (χ2n) is 17.2. The number of allylic oxidation sites excluding steroid dienone is 6. The fourth-order valence-corrected chi connectivity index (χ4v) is 8.36. The fourth-order valence-electron chi connectivity index (χ4n) is 8.36. The first kappa shape index (κ1) is 49.1. The Morgan fingerprint density at radius 3 is 1.36 bits per heavy atom. The van der Waals surface area contributed by atoms with Crippen LogP contribution in [0.5, 0.6) is 5.75 Å². The number of hydrogen-bond donors (Lipinski definition) is 2. The van der Waals surface area contributed by atoms with Gasteiger partial charge < -0.3 is 19.8 Å². The highest BCUT2D eigenvalue weighted by Gasteiger charge is 2.39. The van der Waals surface area contributed by atoms with E-state index < -0.39 is 5.78 Å². The van der Waals surface area contributed by atoms with Gasteiger partial charge in [0.05, 0.1) is 17.8 Å². The molecule has 0 aliphatic heterocycles. The highest BCUT2D eigenvalue weighted by atomic mass is 16.5. The van der Waals surface area contributed by atoms with E-state index in [0.29, 0.717) is 17.9 Å². The predicted molar refractivity (Wildman–Crippen MR) is 246 cm³/mol. The molecule has 0 radical (unpaired) electrons. The Hall–Kier alpha value is -3.28. The molecule has 0 saturated heterocycles. The summed E-state index contributed by atoms with van der Waals surface area (Å²) in [6, 6.07) is 5.46. The molecule has 6 nitrogen and oxygen atoms in total. The molecule has 1 aromatic carbocycles. The van der Waals surface area contributed by atoms with Gasteiger partial charge in [-0.3, -0.25) is 9.59 Å². The minimum Gasteiger partial charge on any atom is -0.507 e. The third-order valence-electron chi connectivity index (χ3n) is 12.1. The zero-order valence-corrected chi connectivity index (χ0v) is 37.4. The van der Waals surface area contributed by atoms with Crippen molar-refractivity contribution in [1.29, 1.82) is 0 Å². The third-order valence-corrected chi connectivity index (χ3v) is 12.1. The Bertz CT molecular complexity index is 1430. The van der Waals surface area contributed by atoms with Crippen LogP contribution in [0.2, 0.25) is 0 Å². The average Bonchev–Trinajstić information content (AvgIpc) is 3.22. The number of rotatable bonds is 36. The van der Waals surface area contributed by atoms with Crippen molar-refractivity contribution in [2.45, 2.75) is 213 Å². The molecule has 2 N–H and O–H groups in total. The molecule has 0 bridgehead atoms. The van der Waals surface area contributed by atoms with Crippen LogP contribution in [0.3, 0.4) is 0 Å². The van der Waals surface area contributed by atoms with Crippen molar-refractivity contribution < 1.29 is 24.5 Å². The van der Waals surface area contributed by atoms with Gasteiger partial charge in [-0.15, -0.1) is 0 Å². The first-order valence-electron chi connectivity index (χ1n) is 24.3. The van der Waals surface area contributed by atoms with Gasteiger partial charge in [0.2, 0.25) is 5.78 Å². The van der Waals surface area contributed by atoms with E-state index in [1.807, 2.05) is 6.07 Å². The molecule has 2 aliphatic carbocycles. The second-order valence-corrected chi connectivity index (χ2v) is 17.2. The number of hydrogen-bond acceptors (Lipinski definition) is 6. The Kier molecular flexibility index (Phi) is 26.0. The van der Waals surface area contributed by atoms with Crippen LogP contribution in [-0.2, 0) is 14.3 Å². The van der Waals surface area contributed by atoms with E-state index in [1.165, 1.54) is 173 Å². The SMILES string of the molecule is CCCCCCCCCCCCOC1=CC(=O)C(=C2C(=O)C(c3ccc(N(CCCCCCCCCCCC)CCCCCCCCCCCC)cc3O)=C2O)C=C1. The maximum Gasteiger partial charge on any atom is 0.202 e. The summed E-state index contributed by atoms with van der Waals surface area (Å²) < 4.78 is 5.85. The van der Waals surface area contributed by atoms with Crippen molar-refractivity contribution in [2.75, 3.05) is 24.6 Å². The van der Waals surface area contributed by atoms with E-state index in [-0.39, 0.29) is 34.0 Å². The van der Waals surface area contributed by atoms with E-state index in [1.54, 1.807) is 24.3 Å². The Labute approximate surface area is 354 Å². The lowest BCUT2D eigenvalue weighted by Crippen LogP contribution is -2.26. The number of phenols is 1. The molecule has 0 aromatic heterocycles. The number of carbonyl (C=O) groups is 2. The molecule has 0 atom stereocenters. The molecule has 3 rings (SSSR count). The van der Waals surface area contributed by atoms with Crippen LogP contribution >= 0.6 is 0 Å². The van der Waals surface area contributed by atoms with Gasteiger partial charge in [0.25, 0.3) is 0 Å². The molecule has 2 aliphatic rings. The normalized spacial score (nSPS) is 15.3. The third kappa shape index (κ3) is 18.3. The number of phenolic OH excluding ortho intramolecular Hbond substituents is 1. The number of carbonyl (C=O) groups excluding carboxylic acids is 2. The largest absolute Gasteiger partial charge is 0.507 e. The van der Waals surface area contributed by atoms with E-state index in [4.69, 9.17) is 4.74 Å². The zero-order valence-electron chi connectivity index (χ0n) is 37.4. The summed E-state index contributed by atoms with van der Waals surface area (Å²) in [5.41, 5.74) is 1.48. The van der Waals surface area contributed by atoms with Crippen molar-refractivity contribution in [2.24, 2.45) is 0 Å². The van der Waals surface area contributed by atoms with Crippen molar-refractivity contribution >= 4 is 22.8 Å². The molecule has 0 unspecified atom stereocenters. The molecule has 0 spiro atoms. The fraction of sp³-hybridized carbons (Fsp3) is 0.692. The van der Waals surface area contributed by atoms with E-state index in [9.17, 15) is 19.8 Å². The predicted octanol–water partition coefficient (Wildman–Crippen LogP) is 15.1. The van der Waals surface area contributed by atoms with Gasteiger partial charge in [0, 0.05) is 42.1 Å². The molecule has 326 valence electrons. The number of benzene rings is 1. The Balaban J connectivity index is 1.53. The standard InChI is InChI=1S/C52H83NO5/c1-4-7-10-13-16-19-22-25-28-31-38-53(39-32-29-26-23-20-17-14-11-8-5-2)43-34-36-45(47(54)41-43)49-51(56)50(52(49)57)46-37-35-44(42-48(46)55)58-40-33-30-27-24-21-18-15-12-9-6-3/h34-37,41-42,54,56H,4-33,38-40H2,1-3H3. The monoisotopic (exact) mass is 802 g/mol. The summed E-state index contributed by atoms with van der Waals surface area (Å²) in [7, 11) is 0. The highest BCUT2D eigenvalue weighted by molar-refractivity contribution is 6.41. The lowest BCUT2D eigenvalue weighted by atomic mass is 9.79. The number of aromatic hydroxyl groups is 1. The quantitative estimate of drug-likeness (QED) is 0.0519. The molecule has 1 aromatic rings. The van der Waals surface area contributed by atoms with Crippen LogP contribution in [0.25, 0.3) is 5.57 Å². The first-order valence-corrected chi connectivity index (χ1v) is 24.3. The Morgan fingerprint density at radius 1 is 0.517 bits per heavy atom. The van der Waals surface area contributed by atoms with Gasteiger partial charge in [0.15, 0.2) is 5.78 Å². The molecule has 0 heterocycles. The van der Waals surface area contributed by atoms with Crippen LogP contribution in [0.1, 0.15) is 219 Å². The van der Waals surface area contributed by atoms with Gasteiger partial charge >= 0.3 is 0 Å². The molecular formula is C52H83NO5. The maximum atomic E-state index is 13.4. The van der Waals surface area contributed by atoms with Crippen molar-refractivity contribution in [3.05, 3.63) is 64.7 Å². The summed E-state index contributed by atoms with van der Waals surface area (Å²) in [5.74, 6) is -0.570. The molecule has 0 saturated carbocycles. The summed E-state index contributed by atoms with van der Waals surface area (Å²) in [4.78, 5) is 28.9. The summed E-state index contributed by atoms with van der Waals surface area (Å²) in [5, 5.41) is 22.3. The van der Waals surface area contributed by atoms with Crippen LogP contribution in [0, 0.1) is 0 Å². The van der Waals surface area contributed by atoms with Gasteiger partial charge in [-0.25, -0.2) is 0 Å². The molecule has 0 amide bonds. The van der Waals surface area contributed by atoms with Crippen LogP contribution in [0.15, 0.2) is 59.1 Å². The van der Waals surface area contributed by atoms with Gasteiger partial charge in [-0.1, -0.05) is 194 Å². The number of aliphatic hydroxyl groups excluding tert-OH is 1. The van der Waals surface area contributed by atoms with Crippen LogP contribution in [0.4, 0.5) is 5.69 Å². The molecule has 6 heteroatoms. The highest BCUT2D eigenvalue weighted by Crippen LogP contribution is 2.43. The maximum absolute atomic E-state index is 13.4. The number of anilines is 1. The lowest BCUT2D eigenvalue weighted by Gasteiger charge is -2.27. The van der Waals surface area contributed by atoms with E-state index >= 15 is 0 Å². The van der Waals surface area contributed by atoms with Crippen LogP contribution < -0.4 is 4.90 Å². The topological polar surface area (TPSA) is 87.1 Å². The van der Waals surface area contributed by atoms with Gasteiger partial charge in [-0.2, -0.15) is 0 Å². The average molecular weight is 802 g/mol. The Morgan fingerprint density at radius 2 is 0.948 bits per heavy atom. The zero-order chi connectivity index (χ0) is 41.6. The molecular weight excluding hydrogens is 719 g/mol. The second kappa shape index (κ2) is 30.7. The number of Topliss-reactive ketones (excluding diaryl/α,β-unsaturated/α-hetero) is 1. The van der Waals surface area contributed by atoms with E-state index in [2.05, 4.69) is 25.7 Å². The van der Waals surface area contributed by atoms with Crippen molar-refractivity contribution in [3.8, 4) is 5.75 Å². The van der Waals surface area contributed by atoms with E-state index in [0.717, 1.165) is 44.5 Å². The van der Waals surface area contributed by atoms with Gasteiger partial charge in [0.1, 0.15) is 17.3 Å². The minimum atomic E-state index is -0.427. The molecule has 0 fully saturated rings. The van der Waals surface area contributed by atoms with Gasteiger partial charge in [-0.05, 0) is 43.5 Å². The number of ketones is 2. The minimum absolute atomic E-state index is 0.00765. The molecule has 58 heavy (non-hydrogen) atoms. The number of unbranched alkanes of at least 4 members (excludes halogenated alkanes) is 27. The smallest absolute Gasteiger partial charge is 0.202 e. The lowest BCUT2D eigenvalue weighted by molar-refractivity contribution is -0.114. The summed E-state index contributed by atoms with van der Waals surface area (Å²) in [6.07, 6.45) is 43.0. The number of ether oxygens (including phenoxy) is 1. The van der Waals surface area contributed by atoms with Crippen LogP contribution in [-0.4, -0.2) is 41.5 Å². The number of aliphatic hydroxyl groups is 1. The summed E-state index contributed by atoms with van der Waals surface area (Å²) in [6.45, 7) is 9.19. The van der Waals surface area contributed by atoms with Crippen molar-refractivity contribution in [3.63, 3.8) is 0 Å². The van der Waals surface area contributed by atoms with Crippen molar-refractivity contribution in [1.82, 2.24) is 0 Å². The number of nitrogens with zero attached hydrogens (tertiary/aromatic N) is 1. The first-order chi connectivity index (χ1) is 28.4.